The highest BCUT2D eigenvalue weighted by molar-refractivity contribution is 5.26. The standard InChI is InChI=1S/C11H13F4N/c1-7(16)9-4-2-3-8(5-9)6-11(14,15)10(12)13/h2-5,7,10H,6,16H2,1H3. The molecule has 0 aliphatic heterocycles. The van der Waals surface area contributed by atoms with Gasteiger partial charge in [0.2, 0.25) is 0 Å². The molecule has 0 saturated heterocycles. The Morgan fingerprint density at radius 1 is 1.31 bits per heavy atom. The van der Waals surface area contributed by atoms with Gasteiger partial charge in [-0.1, -0.05) is 24.3 Å². The lowest BCUT2D eigenvalue weighted by atomic mass is 10.0. The molecule has 1 aromatic carbocycles. The second kappa shape index (κ2) is 4.82. The highest BCUT2D eigenvalue weighted by Gasteiger charge is 2.40. The van der Waals surface area contributed by atoms with Gasteiger partial charge in [0.05, 0.1) is 0 Å². The Kier molecular flexibility index (Phi) is 3.91. The van der Waals surface area contributed by atoms with Crippen LogP contribution in [0.3, 0.4) is 0 Å². The molecule has 90 valence electrons. The van der Waals surface area contributed by atoms with E-state index in [1.54, 1.807) is 13.0 Å². The van der Waals surface area contributed by atoms with E-state index in [1.165, 1.54) is 18.2 Å². The first kappa shape index (κ1) is 13.0. The van der Waals surface area contributed by atoms with Crippen LogP contribution in [0.15, 0.2) is 24.3 Å². The van der Waals surface area contributed by atoms with E-state index in [0.717, 1.165) is 0 Å². The summed E-state index contributed by atoms with van der Waals surface area (Å²) in [5.41, 5.74) is 6.39. The van der Waals surface area contributed by atoms with Gasteiger partial charge in [-0.25, -0.2) is 8.78 Å². The van der Waals surface area contributed by atoms with Crippen LogP contribution in [0.5, 0.6) is 0 Å². The molecule has 0 bridgehead atoms. The third-order valence-corrected chi connectivity index (χ3v) is 2.24. The van der Waals surface area contributed by atoms with Crippen LogP contribution < -0.4 is 5.73 Å². The van der Waals surface area contributed by atoms with Gasteiger partial charge in [0.15, 0.2) is 0 Å². The lowest BCUT2D eigenvalue weighted by Crippen LogP contribution is -2.29. The van der Waals surface area contributed by atoms with Gasteiger partial charge in [-0.05, 0) is 18.1 Å². The second-order valence-electron chi connectivity index (χ2n) is 3.77. The fourth-order valence-corrected chi connectivity index (χ4v) is 1.34. The van der Waals surface area contributed by atoms with Crippen LogP contribution in [0.2, 0.25) is 0 Å². The molecule has 0 radical (unpaired) electrons. The van der Waals surface area contributed by atoms with Crippen molar-refractivity contribution in [3.05, 3.63) is 35.4 Å². The van der Waals surface area contributed by atoms with Crippen molar-refractivity contribution < 1.29 is 17.6 Å². The number of benzene rings is 1. The third-order valence-electron chi connectivity index (χ3n) is 2.24. The van der Waals surface area contributed by atoms with Crippen LogP contribution in [0.4, 0.5) is 17.6 Å². The van der Waals surface area contributed by atoms with Gasteiger partial charge in [-0.15, -0.1) is 0 Å². The molecule has 1 nitrogen and oxygen atoms in total. The van der Waals surface area contributed by atoms with Gasteiger partial charge in [0.25, 0.3) is 0 Å². The third kappa shape index (κ3) is 3.20. The Hall–Kier alpha value is -1.10. The SMILES string of the molecule is CC(N)c1cccc(CC(F)(F)C(F)F)c1. The summed E-state index contributed by atoms with van der Waals surface area (Å²) in [6, 6.07) is 5.73. The summed E-state index contributed by atoms with van der Waals surface area (Å²) in [5.74, 6) is -3.99. The van der Waals surface area contributed by atoms with Crippen LogP contribution in [-0.2, 0) is 6.42 Å². The largest absolute Gasteiger partial charge is 0.324 e. The molecular formula is C11H13F4N. The maximum Gasteiger partial charge on any atom is 0.311 e. The molecule has 0 aliphatic rings. The minimum absolute atomic E-state index is 0.167. The fraction of sp³-hybridized carbons (Fsp3) is 0.455. The molecule has 5 heteroatoms. The lowest BCUT2D eigenvalue weighted by Gasteiger charge is -2.16. The van der Waals surface area contributed by atoms with Gasteiger partial charge < -0.3 is 5.73 Å². The maximum absolute atomic E-state index is 12.8. The molecule has 0 amide bonds. The van der Waals surface area contributed by atoms with Crippen LogP contribution in [0.25, 0.3) is 0 Å². The minimum atomic E-state index is -3.99. The van der Waals surface area contributed by atoms with Gasteiger partial charge in [0, 0.05) is 12.5 Å². The Labute approximate surface area is 91.3 Å². The van der Waals surface area contributed by atoms with Crippen LogP contribution in [0.1, 0.15) is 24.1 Å². The highest BCUT2D eigenvalue weighted by Crippen LogP contribution is 2.27. The van der Waals surface area contributed by atoms with Crippen molar-refractivity contribution in [1.29, 1.82) is 0 Å². The van der Waals surface area contributed by atoms with E-state index in [2.05, 4.69) is 0 Å². The first-order valence-corrected chi connectivity index (χ1v) is 4.83. The fourth-order valence-electron chi connectivity index (χ4n) is 1.34. The van der Waals surface area contributed by atoms with E-state index in [9.17, 15) is 17.6 Å². The summed E-state index contributed by atoms with van der Waals surface area (Å²) in [5, 5.41) is 0. The molecule has 1 aromatic rings. The van der Waals surface area contributed by atoms with Crippen LogP contribution in [0, 0.1) is 0 Å². The molecule has 0 fully saturated rings. The summed E-state index contributed by atoms with van der Waals surface area (Å²) in [7, 11) is 0. The zero-order chi connectivity index (χ0) is 12.3. The molecule has 2 N–H and O–H groups in total. The first-order valence-electron chi connectivity index (χ1n) is 4.83. The van der Waals surface area contributed by atoms with Crippen molar-refractivity contribution in [2.75, 3.05) is 0 Å². The molecule has 0 saturated carbocycles. The molecular weight excluding hydrogens is 222 g/mol. The molecule has 0 aliphatic carbocycles. The van der Waals surface area contributed by atoms with Crippen molar-refractivity contribution in [2.24, 2.45) is 5.73 Å². The smallest absolute Gasteiger partial charge is 0.311 e. The number of halogens is 4. The number of nitrogens with two attached hydrogens (primary N) is 1. The number of hydrogen-bond donors (Lipinski definition) is 1. The van der Waals surface area contributed by atoms with Crippen molar-refractivity contribution >= 4 is 0 Å². The molecule has 1 rings (SSSR count). The van der Waals surface area contributed by atoms with Crippen molar-refractivity contribution in [1.82, 2.24) is 0 Å². The predicted octanol–water partition coefficient (Wildman–Crippen LogP) is 3.15. The van der Waals surface area contributed by atoms with E-state index in [1.807, 2.05) is 0 Å². The molecule has 0 aromatic heterocycles. The Morgan fingerprint density at radius 3 is 2.44 bits per heavy atom. The van der Waals surface area contributed by atoms with Crippen molar-refractivity contribution in [3.63, 3.8) is 0 Å². The van der Waals surface area contributed by atoms with Crippen molar-refractivity contribution in [3.8, 4) is 0 Å². The maximum atomic E-state index is 12.8. The number of hydrogen-bond acceptors (Lipinski definition) is 1. The van der Waals surface area contributed by atoms with E-state index in [-0.39, 0.29) is 11.6 Å². The lowest BCUT2D eigenvalue weighted by molar-refractivity contribution is -0.127. The molecule has 16 heavy (non-hydrogen) atoms. The monoisotopic (exact) mass is 235 g/mol. The molecule has 1 unspecified atom stereocenters. The summed E-state index contributed by atoms with van der Waals surface area (Å²) in [6.07, 6.45) is -4.61. The van der Waals surface area contributed by atoms with Crippen molar-refractivity contribution in [2.45, 2.75) is 31.7 Å². The van der Waals surface area contributed by atoms with E-state index in [4.69, 9.17) is 5.73 Å². The van der Waals surface area contributed by atoms with Gasteiger partial charge in [0.1, 0.15) is 0 Å². The van der Waals surface area contributed by atoms with E-state index >= 15 is 0 Å². The molecule has 0 spiro atoms. The summed E-state index contributed by atoms with van der Waals surface area (Å²) in [6.45, 7) is 1.70. The zero-order valence-corrected chi connectivity index (χ0v) is 8.76. The topological polar surface area (TPSA) is 26.0 Å². The second-order valence-corrected chi connectivity index (χ2v) is 3.77. The van der Waals surface area contributed by atoms with E-state index in [0.29, 0.717) is 5.56 Å². The zero-order valence-electron chi connectivity index (χ0n) is 8.76. The van der Waals surface area contributed by atoms with Gasteiger partial charge >= 0.3 is 12.3 Å². The molecule has 1 atom stereocenters. The predicted molar refractivity (Wildman–Crippen MR) is 53.7 cm³/mol. The first-order chi connectivity index (χ1) is 7.33. The summed E-state index contributed by atoms with van der Waals surface area (Å²) in [4.78, 5) is 0. The Bertz CT molecular complexity index is 350. The number of alkyl halides is 4. The minimum Gasteiger partial charge on any atom is -0.324 e. The van der Waals surface area contributed by atoms with E-state index < -0.39 is 18.8 Å². The summed E-state index contributed by atoms with van der Waals surface area (Å²) >= 11 is 0. The molecule has 0 heterocycles. The quantitative estimate of drug-likeness (QED) is 0.797. The average molecular weight is 235 g/mol. The average Bonchev–Trinajstić information content (AvgIpc) is 2.17. The highest BCUT2D eigenvalue weighted by atomic mass is 19.3. The summed E-state index contributed by atoms with van der Waals surface area (Å²) < 4.78 is 49.5. The van der Waals surface area contributed by atoms with Gasteiger partial charge in [-0.2, -0.15) is 8.78 Å². The Balaban J connectivity index is 2.86. The number of rotatable bonds is 4. The van der Waals surface area contributed by atoms with Crippen LogP contribution in [-0.4, -0.2) is 12.3 Å². The Morgan fingerprint density at radius 2 is 1.94 bits per heavy atom. The van der Waals surface area contributed by atoms with Gasteiger partial charge in [-0.3, -0.25) is 0 Å². The normalized spacial score (nSPS) is 14.2. The van der Waals surface area contributed by atoms with Crippen LogP contribution >= 0.6 is 0 Å².